The number of ether oxygens (including phenoxy) is 1. The summed E-state index contributed by atoms with van der Waals surface area (Å²) < 4.78 is 4.98. The Bertz CT molecular complexity index is 404. The predicted molar refractivity (Wildman–Crippen MR) is 67.1 cm³/mol. The summed E-state index contributed by atoms with van der Waals surface area (Å²) in [6.07, 6.45) is 3.30. The molecule has 2 aliphatic heterocycles. The quantitative estimate of drug-likeness (QED) is 0.818. The molecule has 0 aromatic carbocycles. The van der Waals surface area contributed by atoms with Crippen LogP contribution in [0.3, 0.4) is 0 Å². The average Bonchev–Trinajstić information content (AvgIpc) is 2.99. The highest BCUT2D eigenvalue weighted by Crippen LogP contribution is 2.43. The van der Waals surface area contributed by atoms with E-state index in [1.807, 2.05) is 0 Å². The van der Waals surface area contributed by atoms with Crippen molar-refractivity contribution in [2.45, 2.75) is 37.3 Å². The van der Waals surface area contributed by atoms with Crippen molar-refractivity contribution >= 4 is 17.3 Å². The largest absolute Gasteiger partial charge is 0.469 e. The zero-order valence-corrected chi connectivity index (χ0v) is 10.7. The first-order chi connectivity index (χ1) is 8.29. The second kappa shape index (κ2) is 4.42. The van der Waals surface area contributed by atoms with Crippen molar-refractivity contribution in [2.24, 2.45) is 5.92 Å². The third-order valence-electron chi connectivity index (χ3n) is 4.06. The van der Waals surface area contributed by atoms with Crippen LogP contribution >= 0.6 is 11.3 Å². The molecule has 3 heterocycles. The minimum Gasteiger partial charge on any atom is -0.469 e. The Hall–Kier alpha value is -0.870. The van der Waals surface area contributed by atoms with Gasteiger partial charge in [0.05, 0.1) is 13.0 Å². The Morgan fingerprint density at radius 1 is 1.53 bits per heavy atom. The Balaban J connectivity index is 1.92. The van der Waals surface area contributed by atoms with E-state index >= 15 is 0 Å². The van der Waals surface area contributed by atoms with Crippen molar-refractivity contribution in [3.63, 3.8) is 0 Å². The van der Waals surface area contributed by atoms with E-state index in [-0.39, 0.29) is 11.9 Å². The number of rotatable bonds is 2. The van der Waals surface area contributed by atoms with E-state index in [4.69, 9.17) is 4.74 Å². The lowest BCUT2D eigenvalue weighted by molar-refractivity contribution is -0.147. The molecular weight excluding hydrogens is 234 g/mol. The molecule has 0 spiro atoms. The van der Waals surface area contributed by atoms with Gasteiger partial charge in [-0.05, 0) is 30.7 Å². The van der Waals surface area contributed by atoms with Crippen molar-refractivity contribution in [3.8, 4) is 0 Å². The number of methoxy groups -OCH3 is 1. The number of hydrogen-bond donors (Lipinski definition) is 1. The number of carbonyl (C=O) groups is 1. The number of carbonyl (C=O) groups excluding carboxylic acids is 1. The minimum absolute atomic E-state index is 0.0393. The van der Waals surface area contributed by atoms with Crippen LogP contribution in [-0.4, -0.2) is 25.2 Å². The van der Waals surface area contributed by atoms with Crippen LogP contribution in [0.15, 0.2) is 17.5 Å². The molecule has 4 unspecified atom stereocenters. The maximum absolute atomic E-state index is 11.9. The number of esters is 1. The summed E-state index contributed by atoms with van der Waals surface area (Å²) in [5.41, 5.74) is 0. The van der Waals surface area contributed by atoms with Crippen LogP contribution in [0.2, 0.25) is 0 Å². The maximum atomic E-state index is 11.9. The van der Waals surface area contributed by atoms with E-state index in [2.05, 4.69) is 22.8 Å². The maximum Gasteiger partial charge on any atom is 0.309 e. The fraction of sp³-hybridized carbons (Fsp3) is 0.615. The fourth-order valence-electron chi connectivity index (χ4n) is 3.32. The first kappa shape index (κ1) is 11.2. The summed E-state index contributed by atoms with van der Waals surface area (Å²) in [5, 5.41) is 5.72. The topological polar surface area (TPSA) is 38.3 Å². The summed E-state index contributed by atoms with van der Waals surface area (Å²) in [6.45, 7) is 0. The molecule has 3 rings (SSSR count). The lowest BCUT2D eigenvalue weighted by atomic mass is 9.80. The number of fused-ring (bicyclic) bond motifs is 2. The van der Waals surface area contributed by atoms with E-state index in [0.29, 0.717) is 18.0 Å². The third kappa shape index (κ3) is 1.89. The van der Waals surface area contributed by atoms with Crippen molar-refractivity contribution in [2.75, 3.05) is 7.11 Å². The molecule has 0 amide bonds. The van der Waals surface area contributed by atoms with Crippen molar-refractivity contribution in [3.05, 3.63) is 22.4 Å². The SMILES string of the molecule is COC(=O)C1CC2CCC(N2)C1c1cccs1. The lowest BCUT2D eigenvalue weighted by Crippen LogP contribution is -2.46. The predicted octanol–water partition coefficient (Wildman–Crippen LogP) is 2.15. The van der Waals surface area contributed by atoms with Gasteiger partial charge >= 0.3 is 5.97 Å². The smallest absolute Gasteiger partial charge is 0.309 e. The van der Waals surface area contributed by atoms with Gasteiger partial charge < -0.3 is 10.1 Å². The van der Waals surface area contributed by atoms with E-state index < -0.39 is 0 Å². The van der Waals surface area contributed by atoms with E-state index in [0.717, 1.165) is 6.42 Å². The van der Waals surface area contributed by atoms with Crippen LogP contribution in [0.1, 0.15) is 30.1 Å². The highest BCUT2D eigenvalue weighted by molar-refractivity contribution is 7.10. The summed E-state index contributed by atoms with van der Waals surface area (Å²) in [4.78, 5) is 13.3. The normalized spacial score (nSPS) is 35.8. The Morgan fingerprint density at radius 3 is 3.12 bits per heavy atom. The van der Waals surface area contributed by atoms with Crippen molar-refractivity contribution in [1.29, 1.82) is 0 Å². The number of hydrogen-bond acceptors (Lipinski definition) is 4. The van der Waals surface area contributed by atoms with Crippen LogP contribution in [0.4, 0.5) is 0 Å². The van der Waals surface area contributed by atoms with Gasteiger partial charge in [-0.25, -0.2) is 0 Å². The zero-order chi connectivity index (χ0) is 11.8. The Kier molecular flexibility index (Phi) is 2.92. The molecule has 4 atom stereocenters. The van der Waals surface area contributed by atoms with Gasteiger partial charge in [0.1, 0.15) is 0 Å². The number of nitrogens with one attached hydrogen (secondary N) is 1. The van der Waals surface area contributed by atoms with Crippen LogP contribution in [0.25, 0.3) is 0 Å². The van der Waals surface area contributed by atoms with E-state index in [9.17, 15) is 4.79 Å². The van der Waals surface area contributed by atoms with Gasteiger partial charge in [-0.1, -0.05) is 6.07 Å². The molecule has 2 aliphatic rings. The molecule has 0 saturated carbocycles. The molecule has 17 heavy (non-hydrogen) atoms. The Labute approximate surface area is 105 Å². The molecule has 2 fully saturated rings. The number of thiophene rings is 1. The third-order valence-corrected chi connectivity index (χ3v) is 5.03. The van der Waals surface area contributed by atoms with Crippen LogP contribution < -0.4 is 5.32 Å². The molecule has 0 aliphatic carbocycles. The fourth-order valence-corrected chi connectivity index (χ4v) is 4.28. The molecule has 1 aromatic rings. The molecule has 1 N–H and O–H groups in total. The standard InChI is InChI=1S/C13H17NO2S/c1-16-13(15)9-7-8-4-5-10(14-8)12(9)11-3-2-6-17-11/h2-3,6,8-10,12,14H,4-5,7H2,1H3. The molecule has 2 saturated heterocycles. The minimum atomic E-state index is -0.0400. The summed E-state index contributed by atoms with van der Waals surface area (Å²) in [7, 11) is 1.50. The monoisotopic (exact) mass is 251 g/mol. The van der Waals surface area contributed by atoms with Gasteiger partial charge in [-0.2, -0.15) is 0 Å². The van der Waals surface area contributed by atoms with Gasteiger partial charge in [0.25, 0.3) is 0 Å². The summed E-state index contributed by atoms with van der Waals surface area (Å²) >= 11 is 1.75. The van der Waals surface area contributed by atoms with Crippen LogP contribution in [0, 0.1) is 5.92 Å². The molecule has 1 aromatic heterocycles. The molecular formula is C13H17NO2S. The summed E-state index contributed by atoms with van der Waals surface area (Å²) in [5.74, 6) is 0.306. The second-order valence-electron chi connectivity index (χ2n) is 4.95. The highest BCUT2D eigenvalue weighted by atomic mass is 32.1. The van der Waals surface area contributed by atoms with Gasteiger partial charge in [0, 0.05) is 22.9 Å². The first-order valence-corrected chi connectivity index (χ1v) is 7.05. The van der Waals surface area contributed by atoms with Gasteiger partial charge in [-0.3, -0.25) is 4.79 Å². The first-order valence-electron chi connectivity index (χ1n) is 6.17. The van der Waals surface area contributed by atoms with Gasteiger partial charge in [0.15, 0.2) is 0 Å². The Morgan fingerprint density at radius 2 is 2.41 bits per heavy atom. The van der Waals surface area contributed by atoms with Crippen molar-refractivity contribution < 1.29 is 9.53 Å². The second-order valence-corrected chi connectivity index (χ2v) is 5.93. The molecule has 92 valence electrons. The van der Waals surface area contributed by atoms with Gasteiger partial charge in [0.2, 0.25) is 0 Å². The van der Waals surface area contributed by atoms with Gasteiger partial charge in [-0.15, -0.1) is 11.3 Å². The van der Waals surface area contributed by atoms with E-state index in [1.54, 1.807) is 11.3 Å². The van der Waals surface area contributed by atoms with E-state index in [1.165, 1.54) is 24.8 Å². The molecule has 4 heteroatoms. The number of piperidine rings is 1. The summed E-state index contributed by atoms with van der Waals surface area (Å²) in [6, 6.07) is 5.18. The molecule has 2 bridgehead atoms. The zero-order valence-electron chi connectivity index (χ0n) is 9.89. The lowest BCUT2D eigenvalue weighted by Gasteiger charge is -2.35. The van der Waals surface area contributed by atoms with Crippen LogP contribution in [0.5, 0.6) is 0 Å². The van der Waals surface area contributed by atoms with Crippen LogP contribution in [-0.2, 0) is 9.53 Å². The highest BCUT2D eigenvalue weighted by Gasteiger charge is 2.46. The molecule has 0 radical (unpaired) electrons. The van der Waals surface area contributed by atoms with Crippen molar-refractivity contribution in [1.82, 2.24) is 5.32 Å². The molecule has 3 nitrogen and oxygen atoms in total. The average molecular weight is 251 g/mol.